The van der Waals surface area contributed by atoms with Crippen molar-refractivity contribution in [3.05, 3.63) is 0 Å². The fourth-order valence-electron chi connectivity index (χ4n) is 2.69. The van der Waals surface area contributed by atoms with Gasteiger partial charge in [-0.15, -0.1) is 0 Å². The first kappa shape index (κ1) is 14.3. The molecule has 5 heteroatoms. The molecule has 1 saturated heterocycles. The maximum absolute atomic E-state index is 13.6. The van der Waals surface area contributed by atoms with Gasteiger partial charge in [0.15, 0.2) is 0 Å². The van der Waals surface area contributed by atoms with Crippen molar-refractivity contribution < 1.29 is 18.1 Å². The molecule has 1 atom stereocenters. The van der Waals surface area contributed by atoms with Crippen LogP contribution < -0.4 is 0 Å². The van der Waals surface area contributed by atoms with E-state index in [-0.39, 0.29) is 18.7 Å². The van der Waals surface area contributed by atoms with E-state index in [1.807, 2.05) is 27.7 Å². The summed E-state index contributed by atoms with van der Waals surface area (Å²) in [6.45, 7) is 7.84. The molecule has 2 nitrogen and oxygen atoms in total. The molecule has 1 unspecified atom stereocenters. The summed E-state index contributed by atoms with van der Waals surface area (Å²) in [6.07, 6.45) is 2.10. The molecule has 0 aromatic heterocycles. The van der Waals surface area contributed by atoms with E-state index in [4.69, 9.17) is 9.31 Å². The second-order valence-electron chi connectivity index (χ2n) is 6.69. The molecule has 0 radical (unpaired) electrons. The molecule has 1 saturated carbocycles. The minimum absolute atomic E-state index is 0.00298. The van der Waals surface area contributed by atoms with E-state index in [0.29, 0.717) is 6.42 Å². The SMILES string of the molecule is CC1(C)OB(C2CCCCC(F)(F)C2)OC1(C)C. The van der Waals surface area contributed by atoms with Crippen molar-refractivity contribution in [3.8, 4) is 0 Å². The zero-order valence-corrected chi connectivity index (χ0v) is 11.8. The van der Waals surface area contributed by atoms with Gasteiger partial charge in [-0.3, -0.25) is 0 Å². The van der Waals surface area contributed by atoms with Gasteiger partial charge < -0.3 is 9.31 Å². The van der Waals surface area contributed by atoms with Gasteiger partial charge in [0.1, 0.15) is 0 Å². The van der Waals surface area contributed by atoms with Gasteiger partial charge in [0.25, 0.3) is 0 Å². The molecule has 1 aliphatic heterocycles. The maximum atomic E-state index is 13.6. The molecule has 0 aromatic rings. The molecule has 18 heavy (non-hydrogen) atoms. The monoisotopic (exact) mass is 260 g/mol. The van der Waals surface area contributed by atoms with Crippen molar-refractivity contribution in [1.29, 1.82) is 0 Å². The predicted molar refractivity (Wildman–Crippen MR) is 67.9 cm³/mol. The molecule has 2 fully saturated rings. The van der Waals surface area contributed by atoms with Crippen LogP contribution in [0.2, 0.25) is 5.82 Å². The minimum Gasteiger partial charge on any atom is -0.403 e. The number of rotatable bonds is 1. The highest BCUT2D eigenvalue weighted by atomic mass is 19.3. The van der Waals surface area contributed by atoms with E-state index in [1.54, 1.807) is 0 Å². The number of halogens is 2. The smallest absolute Gasteiger partial charge is 0.403 e. The van der Waals surface area contributed by atoms with Gasteiger partial charge in [0.05, 0.1) is 11.2 Å². The Bertz CT molecular complexity index is 299. The van der Waals surface area contributed by atoms with Gasteiger partial charge in [-0.2, -0.15) is 0 Å². The summed E-state index contributed by atoms with van der Waals surface area (Å²) in [5, 5.41) is 0. The summed E-state index contributed by atoms with van der Waals surface area (Å²) >= 11 is 0. The van der Waals surface area contributed by atoms with Crippen molar-refractivity contribution in [3.63, 3.8) is 0 Å². The predicted octanol–water partition coefficient (Wildman–Crippen LogP) is 4.05. The van der Waals surface area contributed by atoms with E-state index >= 15 is 0 Å². The summed E-state index contributed by atoms with van der Waals surface area (Å²) in [6, 6.07) is 0. The van der Waals surface area contributed by atoms with Crippen LogP contribution in [0.3, 0.4) is 0 Å². The van der Waals surface area contributed by atoms with Crippen LogP contribution in [0.5, 0.6) is 0 Å². The quantitative estimate of drug-likeness (QED) is 0.523. The Hall–Kier alpha value is -0.155. The first-order chi connectivity index (χ1) is 8.13. The Balaban J connectivity index is 2.09. The molecule has 104 valence electrons. The lowest BCUT2D eigenvalue weighted by Crippen LogP contribution is -2.41. The van der Waals surface area contributed by atoms with Crippen LogP contribution in [-0.4, -0.2) is 24.2 Å². The summed E-state index contributed by atoms with van der Waals surface area (Å²) in [5.74, 6) is -2.76. The number of hydrogen-bond acceptors (Lipinski definition) is 2. The lowest BCUT2D eigenvalue weighted by atomic mass is 9.67. The third kappa shape index (κ3) is 2.72. The molecule has 1 aliphatic carbocycles. The van der Waals surface area contributed by atoms with E-state index in [2.05, 4.69) is 0 Å². The molecule has 2 rings (SSSR count). The van der Waals surface area contributed by atoms with Gasteiger partial charge in [0, 0.05) is 12.8 Å². The summed E-state index contributed by atoms with van der Waals surface area (Å²) < 4.78 is 39.1. The van der Waals surface area contributed by atoms with Crippen LogP contribution in [0.4, 0.5) is 8.78 Å². The molecule has 0 spiro atoms. The molecule has 2 aliphatic rings. The maximum Gasteiger partial charge on any atom is 0.461 e. The first-order valence-electron chi connectivity index (χ1n) is 6.86. The van der Waals surface area contributed by atoms with Crippen LogP contribution in [-0.2, 0) is 9.31 Å². The number of hydrogen-bond donors (Lipinski definition) is 0. The molecule has 0 amide bonds. The Morgan fingerprint density at radius 3 is 2.11 bits per heavy atom. The fourth-order valence-corrected chi connectivity index (χ4v) is 2.69. The molecular formula is C13H23BF2O2. The lowest BCUT2D eigenvalue weighted by molar-refractivity contribution is -0.0159. The third-order valence-electron chi connectivity index (χ3n) is 4.58. The number of alkyl halides is 2. The second kappa shape index (κ2) is 4.45. The highest BCUT2D eigenvalue weighted by Crippen LogP contribution is 2.46. The Morgan fingerprint density at radius 2 is 1.56 bits per heavy atom. The van der Waals surface area contributed by atoms with Gasteiger partial charge in [-0.25, -0.2) is 8.78 Å². The van der Waals surface area contributed by atoms with Crippen molar-refractivity contribution in [2.75, 3.05) is 0 Å². The van der Waals surface area contributed by atoms with Crippen molar-refractivity contribution >= 4 is 7.12 Å². The van der Waals surface area contributed by atoms with Gasteiger partial charge in [-0.1, -0.05) is 12.8 Å². The van der Waals surface area contributed by atoms with Crippen LogP contribution in [0.1, 0.15) is 59.8 Å². The van der Waals surface area contributed by atoms with Gasteiger partial charge >= 0.3 is 7.12 Å². The van der Waals surface area contributed by atoms with Crippen molar-refractivity contribution in [1.82, 2.24) is 0 Å². The van der Waals surface area contributed by atoms with E-state index < -0.39 is 24.2 Å². The minimum atomic E-state index is -2.56. The molecule has 0 aromatic carbocycles. The zero-order chi connectivity index (χ0) is 13.6. The van der Waals surface area contributed by atoms with Crippen LogP contribution in [0.25, 0.3) is 0 Å². The van der Waals surface area contributed by atoms with Crippen molar-refractivity contribution in [2.45, 2.75) is 82.7 Å². The van der Waals surface area contributed by atoms with Crippen molar-refractivity contribution in [2.24, 2.45) is 0 Å². The second-order valence-corrected chi connectivity index (χ2v) is 6.69. The summed E-state index contributed by atoms with van der Waals surface area (Å²) in [4.78, 5) is 0. The largest absolute Gasteiger partial charge is 0.461 e. The van der Waals surface area contributed by atoms with Gasteiger partial charge in [-0.05, 0) is 39.9 Å². The van der Waals surface area contributed by atoms with E-state index in [0.717, 1.165) is 12.8 Å². The molecule has 0 bridgehead atoms. The standard InChI is InChI=1S/C13H23BF2O2/c1-11(2)12(3,4)18-14(17-11)10-7-5-6-8-13(15,16)9-10/h10H,5-9H2,1-4H3. The molecule has 1 heterocycles. The topological polar surface area (TPSA) is 18.5 Å². The first-order valence-corrected chi connectivity index (χ1v) is 6.86. The van der Waals surface area contributed by atoms with Gasteiger partial charge in [0.2, 0.25) is 5.92 Å². The van der Waals surface area contributed by atoms with Crippen LogP contribution in [0, 0.1) is 0 Å². The summed E-state index contributed by atoms with van der Waals surface area (Å²) in [5.41, 5.74) is -0.863. The van der Waals surface area contributed by atoms with Crippen LogP contribution >= 0.6 is 0 Å². The highest BCUT2D eigenvalue weighted by Gasteiger charge is 2.55. The normalized spacial score (nSPS) is 34.3. The van der Waals surface area contributed by atoms with E-state index in [9.17, 15) is 8.78 Å². The average molecular weight is 260 g/mol. The van der Waals surface area contributed by atoms with Crippen LogP contribution in [0.15, 0.2) is 0 Å². The van der Waals surface area contributed by atoms with E-state index in [1.165, 1.54) is 0 Å². The molecular weight excluding hydrogens is 237 g/mol. The Labute approximate surface area is 109 Å². The zero-order valence-electron chi connectivity index (χ0n) is 11.8. The Morgan fingerprint density at radius 1 is 1.00 bits per heavy atom. The average Bonchev–Trinajstić information content (AvgIpc) is 2.34. The fraction of sp³-hybridized carbons (Fsp3) is 1.00. The highest BCUT2D eigenvalue weighted by molar-refractivity contribution is 6.47. The molecule has 0 N–H and O–H groups in total. The third-order valence-corrected chi connectivity index (χ3v) is 4.58. The lowest BCUT2D eigenvalue weighted by Gasteiger charge is -2.32. The summed E-state index contributed by atoms with van der Waals surface area (Å²) in [7, 11) is -0.487. The Kier molecular flexibility index (Phi) is 3.52.